The molecule has 0 unspecified atom stereocenters. The van der Waals surface area contributed by atoms with Gasteiger partial charge in [0.25, 0.3) is 0 Å². The first-order chi connectivity index (χ1) is 11.6. The third kappa shape index (κ3) is 4.23. The Balaban J connectivity index is 1.64. The summed E-state index contributed by atoms with van der Waals surface area (Å²) < 4.78 is 32.1. The highest BCUT2D eigenvalue weighted by Gasteiger charge is 2.17. The summed E-state index contributed by atoms with van der Waals surface area (Å²) in [5.74, 6) is 0.178. The van der Waals surface area contributed by atoms with Crippen molar-refractivity contribution in [2.75, 3.05) is 10.5 Å². The van der Waals surface area contributed by atoms with Gasteiger partial charge in [0.15, 0.2) is 0 Å². The summed E-state index contributed by atoms with van der Waals surface area (Å²) in [5, 5.41) is 3.71. The minimum absolute atomic E-state index is 0.0246. The maximum atomic E-state index is 12.3. The van der Waals surface area contributed by atoms with E-state index in [0.29, 0.717) is 18.4 Å². The summed E-state index contributed by atoms with van der Waals surface area (Å²) in [6, 6.07) is 19.2. The van der Waals surface area contributed by atoms with Gasteiger partial charge in [0, 0.05) is 0 Å². The summed E-state index contributed by atoms with van der Waals surface area (Å²) >= 11 is 0. The quantitative estimate of drug-likeness (QED) is 0.710. The third-order valence-corrected chi connectivity index (χ3v) is 4.95. The van der Waals surface area contributed by atoms with Gasteiger partial charge in [-0.15, -0.1) is 0 Å². The number of nitrogens with zero attached hydrogens (tertiary/aromatic N) is 1. The van der Waals surface area contributed by atoms with Crippen LogP contribution < -0.4 is 4.72 Å². The number of aromatic nitrogens is 1. The SMILES string of the molecule is O=S(=O)(CCCc1ccccc1)Nc1oncc1-c1ccccc1. The van der Waals surface area contributed by atoms with Gasteiger partial charge in [0.1, 0.15) is 0 Å². The molecule has 0 saturated heterocycles. The average molecular weight is 342 g/mol. The van der Waals surface area contributed by atoms with Gasteiger partial charge in [0.05, 0.1) is 17.5 Å². The highest BCUT2D eigenvalue weighted by molar-refractivity contribution is 7.92. The fourth-order valence-corrected chi connectivity index (χ4v) is 3.50. The Morgan fingerprint density at radius 2 is 1.62 bits per heavy atom. The van der Waals surface area contributed by atoms with E-state index >= 15 is 0 Å². The molecule has 0 atom stereocenters. The second-order valence-electron chi connectivity index (χ2n) is 5.44. The normalized spacial score (nSPS) is 11.3. The van der Waals surface area contributed by atoms with E-state index in [1.165, 1.54) is 6.20 Å². The van der Waals surface area contributed by atoms with Crippen molar-refractivity contribution in [3.63, 3.8) is 0 Å². The van der Waals surface area contributed by atoms with Crippen LogP contribution in [-0.2, 0) is 16.4 Å². The monoisotopic (exact) mass is 342 g/mol. The molecule has 6 heteroatoms. The molecule has 1 heterocycles. The third-order valence-electron chi connectivity index (χ3n) is 3.62. The Morgan fingerprint density at radius 1 is 0.958 bits per heavy atom. The molecule has 3 aromatic rings. The van der Waals surface area contributed by atoms with Gasteiger partial charge in [-0.1, -0.05) is 65.8 Å². The highest BCUT2D eigenvalue weighted by atomic mass is 32.2. The van der Waals surface area contributed by atoms with Crippen LogP contribution in [0.25, 0.3) is 11.1 Å². The van der Waals surface area contributed by atoms with Crippen LogP contribution in [0, 0.1) is 0 Å². The van der Waals surface area contributed by atoms with Crippen LogP contribution in [0.1, 0.15) is 12.0 Å². The predicted molar refractivity (Wildman–Crippen MR) is 94.1 cm³/mol. The zero-order valence-electron chi connectivity index (χ0n) is 13.1. The lowest BCUT2D eigenvalue weighted by Gasteiger charge is -2.07. The number of aryl methyl sites for hydroxylation is 1. The molecule has 124 valence electrons. The predicted octanol–water partition coefficient (Wildman–Crippen LogP) is 3.72. The second-order valence-corrected chi connectivity index (χ2v) is 7.29. The van der Waals surface area contributed by atoms with E-state index in [-0.39, 0.29) is 11.6 Å². The molecule has 0 amide bonds. The average Bonchev–Trinajstić information content (AvgIpc) is 3.04. The molecule has 24 heavy (non-hydrogen) atoms. The number of sulfonamides is 1. The lowest BCUT2D eigenvalue weighted by Crippen LogP contribution is -2.17. The van der Waals surface area contributed by atoms with Gasteiger partial charge < -0.3 is 4.52 Å². The van der Waals surface area contributed by atoms with Crippen LogP contribution in [0.5, 0.6) is 0 Å². The Kier molecular flexibility index (Phi) is 4.96. The lowest BCUT2D eigenvalue weighted by atomic mass is 10.1. The van der Waals surface area contributed by atoms with Gasteiger partial charge >= 0.3 is 0 Å². The fraction of sp³-hybridized carbons (Fsp3) is 0.167. The minimum Gasteiger partial charge on any atom is -0.337 e. The van der Waals surface area contributed by atoms with E-state index in [9.17, 15) is 8.42 Å². The standard InChI is InChI=1S/C18H18N2O3S/c21-24(22,13-7-10-15-8-3-1-4-9-15)20-18-17(14-19-23-18)16-11-5-2-6-12-16/h1-6,8-9,11-12,14,20H,7,10,13H2. The van der Waals surface area contributed by atoms with E-state index < -0.39 is 10.0 Å². The molecule has 0 saturated carbocycles. The Morgan fingerprint density at radius 3 is 2.33 bits per heavy atom. The molecular weight excluding hydrogens is 324 g/mol. The van der Waals surface area contributed by atoms with Crippen LogP contribution in [0.3, 0.4) is 0 Å². The van der Waals surface area contributed by atoms with Gasteiger partial charge in [-0.25, -0.2) is 8.42 Å². The highest BCUT2D eigenvalue weighted by Crippen LogP contribution is 2.28. The molecule has 2 aromatic carbocycles. The topological polar surface area (TPSA) is 72.2 Å². The number of hydrogen-bond donors (Lipinski definition) is 1. The van der Waals surface area contributed by atoms with E-state index in [1.807, 2.05) is 60.7 Å². The first-order valence-electron chi connectivity index (χ1n) is 7.68. The van der Waals surface area contributed by atoms with E-state index in [0.717, 1.165) is 11.1 Å². The fourth-order valence-electron chi connectivity index (χ4n) is 2.44. The zero-order chi connectivity index (χ0) is 16.8. The minimum atomic E-state index is -3.49. The zero-order valence-corrected chi connectivity index (χ0v) is 13.9. The molecule has 0 spiro atoms. The van der Waals surface area contributed by atoms with E-state index in [2.05, 4.69) is 9.88 Å². The second kappa shape index (κ2) is 7.31. The Hall–Kier alpha value is -2.60. The number of rotatable bonds is 7. The van der Waals surface area contributed by atoms with Gasteiger partial charge in [-0.2, -0.15) is 0 Å². The first-order valence-corrected chi connectivity index (χ1v) is 9.34. The van der Waals surface area contributed by atoms with Crippen molar-refractivity contribution < 1.29 is 12.9 Å². The summed E-state index contributed by atoms with van der Waals surface area (Å²) in [5.41, 5.74) is 2.60. The lowest BCUT2D eigenvalue weighted by molar-refractivity contribution is 0.435. The van der Waals surface area contributed by atoms with Gasteiger partial charge in [0.2, 0.25) is 15.9 Å². The molecule has 0 aliphatic carbocycles. The van der Waals surface area contributed by atoms with Crippen molar-refractivity contribution in [3.8, 4) is 11.1 Å². The summed E-state index contributed by atoms with van der Waals surface area (Å²) in [7, 11) is -3.49. The number of benzene rings is 2. The molecule has 0 fully saturated rings. The van der Waals surface area contributed by atoms with Crippen LogP contribution >= 0.6 is 0 Å². The van der Waals surface area contributed by atoms with Crippen molar-refractivity contribution in [1.29, 1.82) is 0 Å². The molecule has 0 aliphatic heterocycles. The number of hydrogen-bond acceptors (Lipinski definition) is 4. The molecule has 5 nitrogen and oxygen atoms in total. The smallest absolute Gasteiger partial charge is 0.245 e. The molecule has 0 aliphatic rings. The first kappa shape index (κ1) is 16.3. The van der Waals surface area contributed by atoms with Crippen molar-refractivity contribution >= 4 is 15.9 Å². The maximum absolute atomic E-state index is 12.3. The van der Waals surface area contributed by atoms with E-state index in [4.69, 9.17) is 4.52 Å². The van der Waals surface area contributed by atoms with Crippen LogP contribution in [0.15, 0.2) is 71.4 Å². The number of anilines is 1. The number of nitrogens with one attached hydrogen (secondary N) is 1. The van der Waals surface area contributed by atoms with Crippen LogP contribution in [0.4, 0.5) is 5.88 Å². The summed E-state index contributed by atoms with van der Waals surface area (Å²) in [6.45, 7) is 0. The van der Waals surface area contributed by atoms with Gasteiger partial charge in [-0.3, -0.25) is 4.72 Å². The maximum Gasteiger partial charge on any atom is 0.245 e. The van der Waals surface area contributed by atoms with Crippen LogP contribution in [-0.4, -0.2) is 19.3 Å². The Bertz CT molecular complexity index is 875. The summed E-state index contributed by atoms with van der Waals surface area (Å²) in [6.07, 6.45) is 2.76. The molecule has 3 rings (SSSR count). The van der Waals surface area contributed by atoms with Gasteiger partial charge in [-0.05, 0) is 24.0 Å². The molecule has 1 N–H and O–H groups in total. The summed E-state index contributed by atoms with van der Waals surface area (Å²) in [4.78, 5) is 0. The molecule has 1 aromatic heterocycles. The molecule has 0 bridgehead atoms. The van der Waals surface area contributed by atoms with Crippen LogP contribution in [0.2, 0.25) is 0 Å². The van der Waals surface area contributed by atoms with E-state index in [1.54, 1.807) is 0 Å². The molecular formula is C18H18N2O3S. The van der Waals surface area contributed by atoms with Crippen molar-refractivity contribution in [3.05, 3.63) is 72.4 Å². The largest absolute Gasteiger partial charge is 0.337 e. The molecule has 0 radical (unpaired) electrons. The van der Waals surface area contributed by atoms with Crippen molar-refractivity contribution in [2.24, 2.45) is 0 Å². The van der Waals surface area contributed by atoms with Crippen molar-refractivity contribution in [1.82, 2.24) is 5.16 Å². The Labute approximate surface area is 141 Å². The van der Waals surface area contributed by atoms with Crippen molar-refractivity contribution in [2.45, 2.75) is 12.8 Å².